The lowest BCUT2D eigenvalue weighted by molar-refractivity contribution is 0.243. The van der Waals surface area contributed by atoms with Crippen LogP contribution in [0.1, 0.15) is 40.5 Å². The van der Waals surface area contributed by atoms with Gasteiger partial charge in [0.05, 0.1) is 7.11 Å². The third-order valence-electron chi connectivity index (χ3n) is 3.91. The molecule has 0 amide bonds. The van der Waals surface area contributed by atoms with Crippen LogP contribution in [0.2, 0.25) is 18.1 Å². The molecule has 17 heavy (non-hydrogen) atoms. The number of hydrogen-bond donors (Lipinski definition) is 0. The second-order valence-electron chi connectivity index (χ2n) is 4.83. The molecule has 1 aliphatic carbocycles. The van der Waals surface area contributed by atoms with Gasteiger partial charge in [-0.2, -0.15) is 0 Å². The number of allylic oxidation sites excluding steroid dienone is 2. The zero-order chi connectivity index (χ0) is 12.9. The Bertz CT molecular complexity index is 306. The molecule has 0 saturated heterocycles. The fourth-order valence-corrected chi connectivity index (χ4v) is 4.96. The molecule has 3 heteroatoms. The third kappa shape index (κ3) is 3.38. The van der Waals surface area contributed by atoms with Gasteiger partial charge in [-0.05, 0) is 25.1 Å². The Morgan fingerprint density at radius 1 is 1.12 bits per heavy atom. The molecule has 1 aliphatic rings. The summed E-state index contributed by atoms with van der Waals surface area (Å²) in [5.41, 5.74) is 1.40. The van der Waals surface area contributed by atoms with Crippen LogP contribution in [0.15, 0.2) is 23.2 Å². The molecule has 0 heterocycles. The lowest BCUT2D eigenvalue weighted by Gasteiger charge is -2.32. The van der Waals surface area contributed by atoms with Gasteiger partial charge in [-0.25, -0.2) is 0 Å². The van der Waals surface area contributed by atoms with E-state index in [0.717, 1.165) is 24.4 Å². The molecule has 0 aromatic heterocycles. The first-order chi connectivity index (χ1) is 8.10. The van der Waals surface area contributed by atoms with Crippen LogP contribution in [0.4, 0.5) is 0 Å². The highest BCUT2D eigenvalue weighted by Gasteiger charge is 2.32. The van der Waals surface area contributed by atoms with Crippen LogP contribution >= 0.6 is 0 Å². The predicted octanol–water partition coefficient (Wildman–Crippen LogP) is 4.61. The molecule has 98 valence electrons. The van der Waals surface area contributed by atoms with E-state index >= 15 is 0 Å². The van der Waals surface area contributed by atoms with E-state index in [4.69, 9.17) is 9.16 Å². The lowest BCUT2D eigenvalue weighted by atomic mass is 10.0. The average molecular weight is 254 g/mol. The van der Waals surface area contributed by atoms with Crippen molar-refractivity contribution < 1.29 is 9.16 Å². The molecule has 0 aromatic rings. The molecule has 0 aromatic carbocycles. The van der Waals surface area contributed by atoms with Crippen molar-refractivity contribution in [3.8, 4) is 0 Å². The Hall–Kier alpha value is -0.703. The molecule has 0 unspecified atom stereocenters. The van der Waals surface area contributed by atoms with Gasteiger partial charge < -0.3 is 9.16 Å². The first kappa shape index (κ1) is 14.4. The van der Waals surface area contributed by atoms with E-state index in [1.54, 1.807) is 7.11 Å². The summed E-state index contributed by atoms with van der Waals surface area (Å²) < 4.78 is 11.9. The first-order valence-corrected chi connectivity index (χ1v) is 9.24. The Kier molecular flexibility index (Phi) is 5.31. The van der Waals surface area contributed by atoms with Crippen LogP contribution in [-0.4, -0.2) is 15.4 Å². The van der Waals surface area contributed by atoms with Gasteiger partial charge in [0.25, 0.3) is 0 Å². The number of hydrogen-bond acceptors (Lipinski definition) is 2. The summed E-state index contributed by atoms with van der Waals surface area (Å²) in [7, 11) is 0.193. The van der Waals surface area contributed by atoms with E-state index in [1.165, 1.54) is 23.7 Å². The van der Waals surface area contributed by atoms with Crippen LogP contribution in [0.3, 0.4) is 0 Å². The van der Waals surface area contributed by atoms with Crippen molar-refractivity contribution in [1.29, 1.82) is 0 Å². The SMILES string of the molecule is CC[Si](CC)(CC)OC1=C(OC)CC=C(C)C1. The molecule has 2 nitrogen and oxygen atoms in total. The summed E-state index contributed by atoms with van der Waals surface area (Å²) in [6, 6.07) is 3.55. The molecule has 0 aliphatic heterocycles. The quantitative estimate of drug-likeness (QED) is 0.509. The summed E-state index contributed by atoms with van der Waals surface area (Å²) >= 11 is 0. The molecule has 1 rings (SSSR count). The van der Waals surface area contributed by atoms with Crippen molar-refractivity contribution in [1.82, 2.24) is 0 Å². The van der Waals surface area contributed by atoms with E-state index in [-0.39, 0.29) is 0 Å². The minimum Gasteiger partial charge on any atom is -0.544 e. The van der Waals surface area contributed by atoms with Gasteiger partial charge in [0.1, 0.15) is 11.5 Å². The Balaban J connectivity index is 2.86. The molecule has 0 fully saturated rings. The summed E-state index contributed by atoms with van der Waals surface area (Å²) in [4.78, 5) is 0. The Morgan fingerprint density at radius 2 is 1.71 bits per heavy atom. The smallest absolute Gasteiger partial charge is 0.250 e. The zero-order valence-electron chi connectivity index (χ0n) is 11.9. The third-order valence-corrected chi connectivity index (χ3v) is 8.45. The minimum absolute atomic E-state index is 0.888. The van der Waals surface area contributed by atoms with Crippen molar-refractivity contribution in [3.63, 3.8) is 0 Å². The summed E-state index contributed by atoms with van der Waals surface area (Å²) in [5, 5.41) is 0. The summed E-state index contributed by atoms with van der Waals surface area (Å²) in [5.74, 6) is 2.13. The van der Waals surface area contributed by atoms with Crippen LogP contribution in [0.5, 0.6) is 0 Å². The summed E-state index contributed by atoms with van der Waals surface area (Å²) in [6.07, 6.45) is 4.05. The normalized spacial score (nSPS) is 16.9. The van der Waals surface area contributed by atoms with Crippen LogP contribution in [0, 0.1) is 0 Å². The van der Waals surface area contributed by atoms with Crippen molar-refractivity contribution in [2.45, 2.75) is 58.7 Å². The predicted molar refractivity (Wildman–Crippen MR) is 75.3 cm³/mol. The highest BCUT2D eigenvalue weighted by molar-refractivity contribution is 6.73. The molecule has 0 atom stereocenters. The number of ether oxygens (including phenoxy) is 1. The van der Waals surface area contributed by atoms with Crippen molar-refractivity contribution in [2.75, 3.05) is 7.11 Å². The van der Waals surface area contributed by atoms with E-state index < -0.39 is 8.32 Å². The standard InChI is InChI=1S/C14H26O2Si/c1-6-17(7-2,8-3)16-14-11-12(4)9-10-13(14)15-5/h9H,6-8,10-11H2,1-5H3. The molecular weight excluding hydrogens is 228 g/mol. The van der Waals surface area contributed by atoms with Gasteiger partial charge in [-0.15, -0.1) is 0 Å². The largest absolute Gasteiger partial charge is 0.544 e. The molecule has 0 saturated carbocycles. The minimum atomic E-state index is -1.56. The van der Waals surface area contributed by atoms with Gasteiger partial charge in [0, 0.05) is 12.8 Å². The molecule has 0 spiro atoms. The van der Waals surface area contributed by atoms with Crippen LogP contribution in [0.25, 0.3) is 0 Å². The van der Waals surface area contributed by atoms with Crippen molar-refractivity contribution in [3.05, 3.63) is 23.2 Å². The zero-order valence-corrected chi connectivity index (χ0v) is 12.9. The highest BCUT2D eigenvalue weighted by atomic mass is 28.4. The molecule has 0 radical (unpaired) electrons. The number of methoxy groups -OCH3 is 1. The summed E-state index contributed by atoms with van der Waals surface area (Å²) in [6.45, 7) is 8.95. The topological polar surface area (TPSA) is 18.5 Å². The van der Waals surface area contributed by atoms with Crippen LogP contribution < -0.4 is 0 Å². The maximum Gasteiger partial charge on any atom is 0.250 e. The second-order valence-corrected chi connectivity index (χ2v) is 9.52. The van der Waals surface area contributed by atoms with Crippen molar-refractivity contribution in [2.24, 2.45) is 0 Å². The average Bonchev–Trinajstić information content (AvgIpc) is 2.36. The van der Waals surface area contributed by atoms with Gasteiger partial charge in [-0.3, -0.25) is 0 Å². The van der Waals surface area contributed by atoms with Gasteiger partial charge >= 0.3 is 0 Å². The Labute approximate surface area is 107 Å². The monoisotopic (exact) mass is 254 g/mol. The fourth-order valence-electron chi connectivity index (χ4n) is 2.32. The maximum atomic E-state index is 6.45. The van der Waals surface area contributed by atoms with Crippen LogP contribution in [-0.2, 0) is 9.16 Å². The van der Waals surface area contributed by atoms with E-state index in [0.29, 0.717) is 0 Å². The number of rotatable bonds is 6. The van der Waals surface area contributed by atoms with E-state index in [1.807, 2.05) is 0 Å². The molecule has 0 bridgehead atoms. The lowest BCUT2D eigenvalue weighted by Crippen LogP contribution is -2.36. The Morgan fingerprint density at radius 3 is 2.18 bits per heavy atom. The van der Waals surface area contributed by atoms with Gasteiger partial charge in [0.2, 0.25) is 8.32 Å². The highest BCUT2D eigenvalue weighted by Crippen LogP contribution is 2.32. The van der Waals surface area contributed by atoms with Crippen molar-refractivity contribution >= 4 is 8.32 Å². The maximum absolute atomic E-state index is 6.45. The molecule has 0 N–H and O–H groups in total. The second kappa shape index (κ2) is 6.29. The van der Waals surface area contributed by atoms with E-state index in [9.17, 15) is 0 Å². The van der Waals surface area contributed by atoms with Gasteiger partial charge in [0.15, 0.2) is 0 Å². The molecular formula is C14H26O2Si. The fraction of sp³-hybridized carbons (Fsp3) is 0.714. The van der Waals surface area contributed by atoms with E-state index in [2.05, 4.69) is 33.8 Å². The van der Waals surface area contributed by atoms with Gasteiger partial charge in [-0.1, -0.05) is 32.4 Å². The first-order valence-electron chi connectivity index (χ1n) is 6.71.